The first-order chi connectivity index (χ1) is 15.2. The minimum absolute atomic E-state index is 0.423. The maximum atomic E-state index is 5.85. The highest BCUT2D eigenvalue weighted by atomic mass is 16.5. The van der Waals surface area contributed by atoms with Gasteiger partial charge in [-0.25, -0.2) is 4.98 Å². The van der Waals surface area contributed by atoms with E-state index >= 15 is 0 Å². The zero-order chi connectivity index (χ0) is 20.8. The van der Waals surface area contributed by atoms with E-state index in [1.807, 2.05) is 19.1 Å². The molecule has 1 unspecified atom stereocenters. The Balaban J connectivity index is 1.27. The number of aromatic nitrogens is 4. The molecule has 1 saturated heterocycles. The third kappa shape index (κ3) is 3.43. The number of benzene rings is 2. The van der Waals surface area contributed by atoms with Crippen LogP contribution in [0.4, 0.5) is 11.5 Å². The first-order valence-corrected chi connectivity index (χ1v) is 11.2. The van der Waals surface area contributed by atoms with Gasteiger partial charge < -0.3 is 19.5 Å². The summed E-state index contributed by atoms with van der Waals surface area (Å²) in [6, 6.07) is 14.6. The molecule has 0 saturated carbocycles. The predicted molar refractivity (Wildman–Crippen MR) is 121 cm³/mol. The molecule has 7 heteroatoms. The number of imidazole rings is 1. The molecule has 2 aliphatic rings. The quantitative estimate of drug-likeness (QED) is 0.536. The average molecular weight is 416 g/mol. The molecule has 2 atom stereocenters. The Kier molecular flexibility index (Phi) is 4.58. The van der Waals surface area contributed by atoms with Gasteiger partial charge in [-0.05, 0) is 38.0 Å². The SMILES string of the molecule is Cc1nnc(Nc2ccc3c(c2)nc2n3CC[NH+](C[C@H]3CCCO3)C2)c2ccccc12. The third-order valence-corrected chi connectivity index (χ3v) is 6.60. The Morgan fingerprint density at radius 3 is 2.94 bits per heavy atom. The highest BCUT2D eigenvalue weighted by Crippen LogP contribution is 2.27. The average Bonchev–Trinajstić information content (AvgIpc) is 3.42. The standard InChI is InChI=1S/C24H26N6O/c1-16-19-6-2-3-7-20(19)24(28-27-16)25-17-8-9-22-21(13-17)26-23-15-29(10-11-30(22)23)14-18-5-4-12-31-18/h2-3,6-9,13,18H,4-5,10-12,14-15H2,1H3,(H,25,28)/p+1/t18-/m1/s1. The lowest BCUT2D eigenvalue weighted by Crippen LogP contribution is -3.13. The van der Waals surface area contributed by atoms with Crippen molar-refractivity contribution in [1.29, 1.82) is 0 Å². The van der Waals surface area contributed by atoms with Gasteiger partial charge in [-0.1, -0.05) is 24.3 Å². The molecule has 1 fully saturated rings. The van der Waals surface area contributed by atoms with Crippen LogP contribution in [0, 0.1) is 6.92 Å². The van der Waals surface area contributed by atoms with Gasteiger partial charge in [0.1, 0.15) is 19.2 Å². The Morgan fingerprint density at radius 1 is 1.16 bits per heavy atom. The molecule has 4 aromatic rings. The summed E-state index contributed by atoms with van der Waals surface area (Å²) in [7, 11) is 0. The zero-order valence-electron chi connectivity index (χ0n) is 17.8. The minimum atomic E-state index is 0.423. The summed E-state index contributed by atoms with van der Waals surface area (Å²) >= 11 is 0. The fraction of sp³-hybridized carbons (Fsp3) is 0.375. The van der Waals surface area contributed by atoms with Crippen LogP contribution in [0.1, 0.15) is 24.4 Å². The lowest BCUT2D eigenvalue weighted by molar-refractivity contribution is -0.921. The highest BCUT2D eigenvalue weighted by molar-refractivity contribution is 5.94. The molecule has 0 amide bonds. The number of fused-ring (bicyclic) bond motifs is 4. The third-order valence-electron chi connectivity index (χ3n) is 6.60. The number of anilines is 2. The van der Waals surface area contributed by atoms with Crippen LogP contribution in [0.3, 0.4) is 0 Å². The van der Waals surface area contributed by atoms with Gasteiger partial charge >= 0.3 is 0 Å². The monoisotopic (exact) mass is 415 g/mol. The van der Waals surface area contributed by atoms with Crippen molar-refractivity contribution in [2.45, 2.75) is 39.0 Å². The number of rotatable bonds is 4. The van der Waals surface area contributed by atoms with Crippen molar-refractivity contribution < 1.29 is 9.64 Å². The molecule has 158 valence electrons. The highest BCUT2D eigenvalue weighted by Gasteiger charge is 2.27. The second-order valence-corrected chi connectivity index (χ2v) is 8.70. The van der Waals surface area contributed by atoms with Crippen LogP contribution in [0.5, 0.6) is 0 Å². The van der Waals surface area contributed by atoms with Crippen molar-refractivity contribution in [1.82, 2.24) is 19.7 Å². The van der Waals surface area contributed by atoms with Gasteiger partial charge in [0.05, 0.1) is 29.8 Å². The van der Waals surface area contributed by atoms with Crippen LogP contribution >= 0.6 is 0 Å². The topological polar surface area (TPSA) is 69.3 Å². The number of ether oxygens (including phenoxy) is 1. The predicted octanol–water partition coefficient (Wildman–Crippen LogP) is 2.61. The molecule has 2 N–H and O–H groups in total. The molecule has 2 aliphatic heterocycles. The van der Waals surface area contributed by atoms with E-state index < -0.39 is 0 Å². The molecular weight excluding hydrogens is 388 g/mol. The van der Waals surface area contributed by atoms with Crippen LogP contribution in [0.15, 0.2) is 42.5 Å². The van der Waals surface area contributed by atoms with Crippen LogP contribution in [-0.4, -0.2) is 45.5 Å². The van der Waals surface area contributed by atoms with E-state index in [-0.39, 0.29) is 0 Å². The molecule has 2 aromatic heterocycles. The smallest absolute Gasteiger partial charge is 0.165 e. The number of aryl methyl sites for hydroxylation is 1. The van der Waals surface area contributed by atoms with E-state index in [0.717, 1.165) is 66.3 Å². The summed E-state index contributed by atoms with van der Waals surface area (Å²) in [6.45, 7) is 7.11. The molecular formula is C24H27N6O+. The van der Waals surface area contributed by atoms with Crippen molar-refractivity contribution in [2.75, 3.05) is 25.0 Å². The first kappa shape index (κ1) is 18.7. The molecule has 31 heavy (non-hydrogen) atoms. The summed E-state index contributed by atoms with van der Waals surface area (Å²) < 4.78 is 8.22. The van der Waals surface area contributed by atoms with Gasteiger partial charge in [-0.2, -0.15) is 5.10 Å². The van der Waals surface area contributed by atoms with Gasteiger partial charge in [0.2, 0.25) is 0 Å². The number of hydrogen-bond donors (Lipinski definition) is 2. The second-order valence-electron chi connectivity index (χ2n) is 8.70. The second kappa shape index (κ2) is 7.59. The van der Waals surface area contributed by atoms with Crippen molar-refractivity contribution in [3.63, 3.8) is 0 Å². The Morgan fingerprint density at radius 2 is 2.06 bits per heavy atom. The fourth-order valence-corrected chi connectivity index (χ4v) is 4.99. The van der Waals surface area contributed by atoms with Crippen LogP contribution in [0.2, 0.25) is 0 Å². The number of nitrogens with one attached hydrogen (secondary N) is 2. The van der Waals surface area contributed by atoms with Crippen LogP contribution in [0.25, 0.3) is 21.8 Å². The first-order valence-electron chi connectivity index (χ1n) is 11.2. The number of nitrogens with zero attached hydrogens (tertiary/aromatic N) is 4. The van der Waals surface area contributed by atoms with Gasteiger partial charge in [-0.3, -0.25) is 0 Å². The van der Waals surface area contributed by atoms with E-state index in [1.165, 1.54) is 24.2 Å². The minimum Gasteiger partial charge on any atom is -0.372 e. The largest absolute Gasteiger partial charge is 0.372 e. The van der Waals surface area contributed by atoms with Crippen LogP contribution in [-0.2, 0) is 17.8 Å². The Bertz CT molecular complexity index is 1260. The molecule has 0 bridgehead atoms. The molecule has 6 rings (SSSR count). The van der Waals surface area contributed by atoms with Crippen molar-refractivity contribution in [3.05, 3.63) is 54.0 Å². The lowest BCUT2D eigenvalue weighted by atomic mass is 10.1. The molecule has 0 radical (unpaired) electrons. The normalized spacial score (nSPS) is 20.9. The van der Waals surface area contributed by atoms with Crippen molar-refractivity contribution in [3.8, 4) is 0 Å². The van der Waals surface area contributed by atoms with Crippen molar-refractivity contribution in [2.24, 2.45) is 0 Å². The zero-order valence-corrected chi connectivity index (χ0v) is 17.8. The van der Waals surface area contributed by atoms with Gasteiger partial charge in [0, 0.05) is 23.1 Å². The van der Waals surface area contributed by atoms with E-state index in [9.17, 15) is 0 Å². The molecule has 4 heterocycles. The summed E-state index contributed by atoms with van der Waals surface area (Å²) in [5.74, 6) is 1.95. The van der Waals surface area contributed by atoms with Gasteiger partial charge in [-0.15, -0.1) is 5.10 Å². The molecule has 2 aromatic carbocycles. The molecule has 0 spiro atoms. The van der Waals surface area contributed by atoms with Gasteiger partial charge in [0.15, 0.2) is 11.6 Å². The summed E-state index contributed by atoms with van der Waals surface area (Å²) in [6.07, 6.45) is 2.82. The Hall–Kier alpha value is -3.03. The molecule has 7 nitrogen and oxygen atoms in total. The van der Waals surface area contributed by atoms with E-state index in [2.05, 4.69) is 50.4 Å². The maximum absolute atomic E-state index is 5.85. The van der Waals surface area contributed by atoms with Crippen LogP contribution < -0.4 is 10.2 Å². The molecule has 0 aliphatic carbocycles. The summed E-state index contributed by atoms with van der Waals surface area (Å²) in [5.41, 5.74) is 4.16. The van der Waals surface area contributed by atoms with Gasteiger partial charge in [0.25, 0.3) is 0 Å². The fourth-order valence-electron chi connectivity index (χ4n) is 4.99. The number of hydrogen-bond acceptors (Lipinski definition) is 5. The lowest BCUT2D eigenvalue weighted by Gasteiger charge is -2.26. The van der Waals surface area contributed by atoms with E-state index in [0.29, 0.717) is 6.10 Å². The summed E-state index contributed by atoms with van der Waals surface area (Å²) in [5, 5.41) is 14.4. The van der Waals surface area contributed by atoms with Crippen molar-refractivity contribution >= 4 is 33.3 Å². The van der Waals surface area contributed by atoms with E-state index in [1.54, 1.807) is 4.90 Å². The Labute approximate surface area is 181 Å². The van der Waals surface area contributed by atoms with E-state index in [4.69, 9.17) is 9.72 Å². The number of quaternary nitrogens is 1. The summed E-state index contributed by atoms with van der Waals surface area (Å²) in [4.78, 5) is 6.56. The maximum Gasteiger partial charge on any atom is 0.165 e.